The van der Waals surface area contributed by atoms with Crippen LogP contribution in [0, 0.1) is 16.0 Å². The number of benzene rings is 2. The maximum absolute atomic E-state index is 13.4. The van der Waals surface area contributed by atoms with Gasteiger partial charge in [0.1, 0.15) is 18.0 Å². The van der Waals surface area contributed by atoms with Crippen molar-refractivity contribution in [3.8, 4) is 22.5 Å². The van der Waals surface area contributed by atoms with Gasteiger partial charge in [0.25, 0.3) is 5.09 Å². The van der Waals surface area contributed by atoms with Crippen molar-refractivity contribution in [2.45, 2.75) is 70.3 Å². The molecule has 1 aliphatic carbocycles. The second-order valence-electron chi connectivity index (χ2n) is 11.1. The van der Waals surface area contributed by atoms with Gasteiger partial charge >= 0.3 is 5.97 Å². The number of carbonyl (C=O) groups excluding carboxylic acids is 2. The van der Waals surface area contributed by atoms with E-state index >= 15 is 0 Å². The Morgan fingerprint density at radius 3 is 2.52 bits per heavy atom. The summed E-state index contributed by atoms with van der Waals surface area (Å²) in [4.78, 5) is 46.0. The van der Waals surface area contributed by atoms with Crippen LogP contribution in [0.15, 0.2) is 54.9 Å². The van der Waals surface area contributed by atoms with Gasteiger partial charge in [-0.3, -0.25) is 4.79 Å². The number of hydrogen-bond donors (Lipinski definition) is 1. The molecule has 14 nitrogen and oxygen atoms in total. The number of halogens is 1. The molecule has 0 unspecified atom stereocenters. The zero-order chi connectivity index (χ0) is 32.6. The SMILES string of the molecule is CCC[C@@H](CCC(=O)[C@@H]1C[C@H](OC)[C@@H](O[N+](=O)[O-])C1)OC(=O)c1c(Cl)ncn1Cc1ccc(-c2ccccc2-c2nn[nH]n2)cc1. The smallest absolute Gasteiger partial charge is 0.358 e. The Morgan fingerprint density at radius 2 is 1.85 bits per heavy atom. The zero-order valence-electron chi connectivity index (χ0n) is 25.4. The van der Waals surface area contributed by atoms with Crippen LogP contribution < -0.4 is 0 Å². The van der Waals surface area contributed by atoms with Crippen molar-refractivity contribution in [2.24, 2.45) is 5.92 Å². The van der Waals surface area contributed by atoms with Gasteiger partial charge in [0.2, 0.25) is 5.82 Å². The molecule has 15 heteroatoms. The molecule has 2 aromatic heterocycles. The third-order valence-corrected chi connectivity index (χ3v) is 8.42. The minimum absolute atomic E-state index is 0.0235. The van der Waals surface area contributed by atoms with E-state index < -0.39 is 35.3 Å². The Balaban J connectivity index is 1.22. The van der Waals surface area contributed by atoms with Crippen molar-refractivity contribution in [1.82, 2.24) is 30.2 Å². The lowest BCUT2D eigenvalue weighted by Crippen LogP contribution is -2.27. The number of ketones is 1. The summed E-state index contributed by atoms with van der Waals surface area (Å²) in [6.07, 6.45) is 1.94. The zero-order valence-corrected chi connectivity index (χ0v) is 26.1. The van der Waals surface area contributed by atoms with Crippen LogP contribution in [0.5, 0.6) is 0 Å². The largest absolute Gasteiger partial charge is 0.458 e. The number of rotatable bonds is 15. The Morgan fingerprint density at radius 1 is 1.11 bits per heavy atom. The Kier molecular flexibility index (Phi) is 10.7. The summed E-state index contributed by atoms with van der Waals surface area (Å²) in [5.74, 6) is -0.627. The number of ether oxygens (including phenoxy) is 2. The first-order valence-electron chi connectivity index (χ1n) is 15.0. The van der Waals surface area contributed by atoms with E-state index in [0.29, 0.717) is 31.6 Å². The molecule has 1 aliphatic rings. The number of nitrogens with one attached hydrogen (secondary N) is 1. The van der Waals surface area contributed by atoms with Gasteiger partial charge in [-0.05, 0) is 47.6 Å². The molecule has 2 aromatic carbocycles. The normalized spacial score (nSPS) is 18.3. The molecule has 46 heavy (non-hydrogen) atoms. The quantitative estimate of drug-likeness (QED) is 0.103. The van der Waals surface area contributed by atoms with Gasteiger partial charge in [0.15, 0.2) is 10.8 Å². The number of hydrogen-bond acceptors (Lipinski definition) is 11. The molecule has 0 saturated heterocycles. The first kappa shape index (κ1) is 32.7. The number of esters is 1. The first-order valence-corrected chi connectivity index (χ1v) is 15.4. The van der Waals surface area contributed by atoms with E-state index in [9.17, 15) is 19.7 Å². The number of tetrazole rings is 1. The van der Waals surface area contributed by atoms with Crippen LogP contribution >= 0.6 is 11.6 Å². The number of nitrogens with zero attached hydrogens (tertiary/aromatic N) is 6. The van der Waals surface area contributed by atoms with Crippen LogP contribution in [0.4, 0.5) is 0 Å². The van der Waals surface area contributed by atoms with Crippen LogP contribution in [0.1, 0.15) is 61.5 Å². The molecule has 1 N–H and O–H groups in total. The topological polar surface area (TPSA) is 177 Å². The fourth-order valence-electron chi connectivity index (χ4n) is 5.86. The van der Waals surface area contributed by atoms with E-state index in [2.05, 4.69) is 25.6 Å². The van der Waals surface area contributed by atoms with Gasteiger partial charge in [-0.1, -0.05) is 73.5 Å². The van der Waals surface area contributed by atoms with Crippen molar-refractivity contribution in [1.29, 1.82) is 0 Å². The molecule has 0 aliphatic heterocycles. The second-order valence-corrected chi connectivity index (χ2v) is 11.5. The third-order valence-electron chi connectivity index (χ3n) is 8.14. The minimum Gasteiger partial charge on any atom is -0.458 e. The number of H-pyrrole nitrogens is 1. The highest BCUT2D eigenvalue weighted by atomic mass is 35.5. The average Bonchev–Trinajstić information content (AvgIpc) is 3.81. The summed E-state index contributed by atoms with van der Waals surface area (Å²) >= 11 is 6.35. The lowest BCUT2D eigenvalue weighted by atomic mass is 9.96. The summed E-state index contributed by atoms with van der Waals surface area (Å²) in [6, 6.07) is 15.6. The van der Waals surface area contributed by atoms with Crippen LogP contribution in [-0.4, -0.2) is 72.4 Å². The Hall–Kier alpha value is -4.69. The Bertz CT molecular complexity index is 1650. The molecule has 0 spiro atoms. The molecule has 0 bridgehead atoms. The molecular weight excluding hydrogens is 618 g/mol. The van der Waals surface area contributed by atoms with E-state index in [4.69, 9.17) is 25.9 Å². The number of aromatic nitrogens is 6. The molecule has 5 rings (SSSR count). The predicted molar refractivity (Wildman–Crippen MR) is 165 cm³/mol. The van der Waals surface area contributed by atoms with Gasteiger partial charge in [0, 0.05) is 31.6 Å². The van der Waals surface area contributed by atoms with Gasteiger partial charge in [-0.25, -0.2) is 9.78 Å². The monoisotopic (exact) mass is 651 g/mol. The maximum atomic E-state index is 13.4. The van der Waals surface area contributed by atoms with Gasteiger partial charge in [-0.15, -0.1) is 20.3 Å². The highest BCUT2D eigenvalue weighted by Gasteiger charge is 2.40. The highest BCUT2D eigenvalue weighted by molar-refractivity contribution is 6.32. The summed E-state index contributed by atoms with van der Waals surface area (Å²) in [6.45, 7) is 2.29. The summed E-state index contributed by atoms with van der Waals surface area (Å²) in [5, 5.41) is 24.3. The standard InChI is InChI=1S/C31H34ClN7O7/c1-3-6-22(13-14-25(40)21-15-26(44-2)27(16-21)46-39(42)43)45-31(41)28-29(32)33-18-38(28)17-19-9-11-20(12-10-19)23-7-4-5-8-24(23)30-34-36-37-35-30/h4-5,7-12,18,21-22,26-27H,3,6,13-17H2,1-2H3,(H,34,35,36,37)/t21-,22+,26+,27+/m1/s1. The second kappa shape index (κ2) is 15.1. The lowest BCUT2D eigenvalue weighted by Gasteiger charge is -2.19. The van der Waals surface area contributed by atoms with Crippen LogP contribution in [0.2, 0.25) is 5.15 Å². The molecule has 0 radical (unpaired) electrons. The number of aromatic amines is 1. The van der Waals surface area contributed by atoms with Crippen molar-refractivity contribution < 1.29 is 29.0 Å². The molecule has 242 valence electrons. The fourth-order valence-corrected chi connectivity index (χ4v) is 6.09. The average molecular weight is 652 g/mol. The van der Waals surface area contributed by atoms with E-state index in [1.807, 2.05) is 55.5 Å². The molecule has 0 amide bonds. The maximum Gasteiger partial charge on any atom is 0.358 e. The number of Topliss-reactive ketones (excluding diaryl/α,β-unsaturated/α-hetero) is 1. The Labute approximate surface area is 269 Å². The summed E-state index contributed by atoms with van der Waals surface area (Å²) < 4.78 is 12.8. The van der Waals surface area contributed by atoms with Crippen LogP contribution in [0.3, 0.4) is 0 Å². The summed E-state index contributed by atoms with van der Waals surface area (Å²) in [7, 11) is 1.44. The lowest BCUT2D eigenvalue weighted by molar-refractivity contribution is -0.770. The van der Waals surface area contributed by atoms with Crippen molar-refractivity contribution >= 4 is 23.4 Å². The third kappa shape index (κ3) is 7.74. The van der Waals surface area contributed by atoms with Gasteiger partial charge in [-0.2, -0.15) is 5.21 Å². The highest BCUT2D eigenvalue weighted by Crippen LogP contribution is 2.33. The number of imidazole rings is 1. The number of carbonyl (C=O) groups is 2. The molecule has 2 heterocycles. The van der Waals surface area contributed by atoms with Crippen LogP contribution in [0.25, 0.3) is 22.5 Å². The van der Waals surface area contributed by atoms with Crippen molar-refractivity contribution in [2.75, 3.05) is 7.11 Å². The fraction of sp³-hybridized carbons (Fsp3) is 0.419. The predicted octanol–water partition coefficient (Wildman–Crippen LogP) is 5.11. The van der Waals surface area contributed by atoms with Crippen molar-refractivity contribution in [3.05, 3.63) is 81.4 Å². The summed E-state index contributed by atoms with van der Waals surface area (Å²) in [5.41, 5.74) is 3.78. The molecule has 1 saturated carbocycles. The molecular formula is C31H34ClN7O7. The first-order chi connectivity index (χ1) is 22.3. The molecule has 4 aromatic rings. The van der Waals surface area contributed by atoms with Gasteiger partial charge < -0.3 is 18.9 Å². The van der Waals surface area contributed by atoms with E-state index in [-0.39, 0.29) is 29.5 Å². The molecule has 1 fully saturated rings. The van der Waals surface area contributed by atoms with E-state index in [0.717, 1.165) is 28.7 Å². The van der Waals surface area contributed by atoms with Gasteiger partial charge in [0.05, 0.1) is 12.4 Å². The van der Waals surface area contributed by atoms with E-state index in [1.165, 1.54) is 13.4 Å². The van der Waals surface area contributed by atoms with E-state index in [1.54, 1.807) is 4.57 Å². The van der Waals surface area contributed by atoms with Crippen LogP contribution in [-0.2, 0) is 25.7 Å². The number of methoxy groups -OCH3 is 1. The minimum atomic E-state index is -0.857. The molecule has 4 atom stereocenters. The van der Waals surface area contributed by atoms with Crippen molar-refractivity contribution in [3.63, 3.8) is 0 Å².